The van der Waals surface area contributed by atoms with Crippen LogP contribution in [-0.2, 0) is 0 Å². The Morgan fingerprint density at radius 2 is 2.36 bits per heavy atom. The second-order valence-electron chi connectivity index (χ2n) is 3.22. The van der Waals surface area contributed by atoms with Gasteiger partial charge in [-0.25, -0.2) is 4.98 Å². The van der Waals surface area contributed by atoms with Crippen LogP contribution in [0.1, 0.15) is 11.1 Å². The molecule has 0 bridgehead atoms. The number of halogens is 1. The van der Waals surface area contributed by atoms with Crippen molar-refractivity contribution >= 4 is 28.2 Å². The van der Waals surface area contributed by atoms with E-state index in [0.717, 1.165) is 10.2 Å². The van der Waals surface area contributed by atoms with Crippen LogP contribution in [0.4, 0.5) is 0 Å². The van der Waals surface area contributed by atoms with Gasteiger partial charge in [0, 0.05) is 18.3 Å². The van der Waals surface area contributed by atoms with E-state index >= 15 is 0 Å². The van der Waals surface area contributed by atoms with Crippen molar-refractivity contribution in [2.75, 3.05) is 6.54 Å². The average Bonchev–Trinajstić information content (AvgIpc) is 2.19. The molecule has 1 aliphatic rings. The van der Waals surface area contributed by atoms with Crippen molar-refractivity contribution in [2.45, 2.75) is 6.92 Å². The molecule has 1 aromatic rings. The van der Waals surface area contributed by atoms with Gasteiger partial charge in [0.05, 0.1) is 0 Å². The van der Waals surface area contributed by atoms with Gasteiger partial charge in [0.1, 0.15) is 3.70 Å². The summed E-state index contributed by atoms with van der Waals surface area (Å²) in [5, 5.41) is 3.14. The second kappa shape index (κ2) is 4.13. The Kier molecular flexibility index (Phi) is 2.86. The highest BCUT2D eigenvalue weighted by Crippen LogP contribution is 2.21. The van der Waals surface area contributed by atoms with E-state index in [1.165, 1.54) is 16.7 Å². The third-order valence-electron chi connectivity index (χ3n) is 2.21. The van der Waals surface area contributed by atoms with Crippen molar-refractivity contribution in [3.63, 3.8) is 0 Å². The summed E-state index contributed by atoms with van der Waals surface area (Å²) in [7, 11) is 0. The van der Waals surface area contributed by atoms with E-state index in [1.807, 2.05) is 12.4 Å². The Morgan fingerprint density at radius 3 is 3.00 bits per heavy atom. The van der Waals surface area contributed by atoms with Crippen molar-refractivity contribution < 1.29 is 0 Å². The number of rotatable bonds is 1. The number of hydrogen-bond donors (Lipinski definition) is 1. The third kappa shape index (κ3) is 1.97. The van der Waals surface area contributed by atoms with Gasteiger partial charge in [-0.3, -0.25) is 0 Å². The van der Waals surface area contributed by atoms with Gasteiger partial charge in [-0.2, -0.15) is 0 Å². The molecule has 0 unspecified atom stereocenters. The molecule has 3 heteroatoms. The van der Waals surface area contributed by atoms with Crippen LogP contribution in [0.25, 0.3) is 5.57 Å². The van der Waals surface area contributed by atoms with Gasteiger partial charge in [-0.1, -0.05) is 6.08 Å². The highest BCUT2D eigenvalue weighted by Gasteiger charge is 2.05. The Labute approximate surface area is 97.3 Å². The van der Waals surface area contributed by atoms with E-state index in [0.29, 0.717) is 0 Å². The molecule has 0 saturated carbocycles. The summed E-state index contributed by atoms with van der Waals surface area (Å²) >= 11 is 2.23. The lowest BCUT2D eigenvalue weighted by Crippen LogP contribution is -2.08. The quantitative estimate of drug-likeness (QED) is 0.636. The van der Waals surface area contributed by atoms with Crippen LogP contribution in [0.3, 0.4) is 0 Å². The summed E-state index contributed by atoms with van der Waals surface area (Å²) in [6.45, 7) is 3.02. The zero-order chi connectivity index (χ0) is 9.97. The van der Waals surface area contributed by atoms with Gasteiger partial charge in [0.2, 0.25) is 0 Å². The highest BCUT2D eigenvalue weighted by atomic mass is 127. The maximum absolute atomic E-state index is 4.31. The molecule has 72 valence electrons. The molecule has 1 N–H and O–H groups in total. The lowest BCUT2D eigenvalue weighted by Gasteiger charge is -2.10. The fraction of sp³-hybridized carbons (Fsp3) is 0.182. The summed E-state index contributed by atoms with van der Waals surface area (Å²) in [6.07, 6.45) is 8.18. The summed E-state index contributed by atoms with van der Waals surface area (Å²) in [5.41, 5.74) is 3.76. The molecule has 14 heavy (non-hydrogen) atoms. The van der Waals surface area contributed by atoms with Crippen molar-refractivity contribution in [1.82, 2.24) is 10.3 Å². The number of hydrogen-bond acceptors (Lipinski definition) is 2. The Morgan fingerprint density at radius 1 is 1.50 bits per heavy atom. The minimum Gasteiger partial charge on any atom is -0.387 e. The largest absolute Gasteiger partial charge is 0.387 e. The van der Waals surface area contributed by atoms with Crippen LogP contribution >= 0.6 is 22.6 Å². The van der Waals surface area contributed by atoms with Gasteiger partial charge in [0.15, 0.2) is 0 Å². The molecule has 1 aliphatic heterocycles. The van der Waals surface area contributed by atoms with Crippen molar-refractivity contribution in [3.8, 4) is 0 Å². The first-order valence-electron chi connectivity index (χ1n) is 4.50. The van der Waals surface area contributed by atoms with Crippen molar-refractivity contribution in [1.29, 1.82) is 0 Å². The maximum Gasteiger partial charge on any atom is 0.101 e. The predicted octanol–water partition coefficient (Wildman–Crippen LogP) is 2.49. The number of aromatic nitrogens is 1. The standard InChI is InChI=1S/C11H11IN2/c1-8-6-11(12)14-7-10(8)9-2-4-13-5-3-9/h2-4,6-7,13H,5H2,1H3. The smallest absolute Gasteiger partial charge is 0.101 e. The normalized spacial score (nSPS) is 14.9. The number of dihydropyridines is 1. The number of aryl methyl sites for hydroxylation is 1. The molecule has 0 amide bonds. The molecule has 0 saturated heterocycles. The van der Waals surface area contributed by atoms with Gasteiger partial charge in [-0.15, -0.1) is 0 Å². The second-order valence-corrected chi connectivity index (χ2v) is 4.33. The summed E-state index contributed by atoms with van der Waals surface area (Å²) in [6, 6.07) is 2.10. The van der Waals surface area contributed by atoms with Crippen LogP contribution in [0, 0.1) is 10.6 Å². The lowest BCUT2D eigenvalue weighted by atomic mass is 10.0. The molecular formula is C11H11IN2. The van der Waals surface area contributed by atoms with E-state index in [2.05, 4.69) is 58.0 Å². The topological polar surface area (TPSA) is 24.9 Å². The SMILES string of the molecule is Cc1cc(I)ncc1C1=CCNC=C1. The first kappa shape index (κ1) is 9.71. The van der Waals surface area contributed by atoms with Gasteiger partial charge >= 0.3 is 0 Å². The van der Waals surface area contributed by atoms with E-state index in [4.69, 9.17) is 0 Å². The molecule has 1 aromatic heterocycles. The maximum atomic E-state index is 4.31. The molecule has 0 atom stereocenters. The fourth-order valence-electron chi connectivity index (χ4n) is 1.48. The summed E-state index contributed by atoms with van der Waals surface area (Å²) in [5.74, 6) is 0. The van der Waals surface area contributed by atoms with Crippen LogP contribution in [0.5, 0.6) is 0 Å². The number of nitrogens with zero attached hydrogens (tertiary/aromatic N) is 1. The van der Waals surface area contributed by atoms with E-state index in [-0.39, 0.29) is 0 Å². The number of pyridine rings is 1. The lowest BCUT2D eigenvalue weighted by molar-refractivity contribution is 0.975. The minimum atomic E-state index is 0.900. The Balaban J connectivity index is 2.41. The molecule has 2 heterocycles. The highest BCUT2D eigenvalue weighted by molar-refractivity contribution is 14.1. The van der Waals surface area contributed by atoms with Crippen LogP contribution in [0.15, 0.2) is 30.6 Å². The van der Waals surface area contributed by atoms with Crippen molar-refractivity contribution in [2.24, 2.45) is 0 Å². The monoisotopic (exact) mass is 298 g/mol. The van der Waals surface area contributed by atoms with Gasteiger partial charge in [0.25, 0.3) is 0 Å². The van der Waals surface area contributed by atoms with Crippen LogP contribution in [-0.4, -0.2) is 11.5 Å². The Bertz CT molecular complexity index is 408. The predicted molar refractivity (Wildman–Crippen MR) is 66.8 cm³/mol. The van der Waals surface area contributed by atoms with Gasteiger partial charge in [-0.05, 0) is 59.0 Å². The Hall–Kier alpha value is -0.840. The summed E-state index contributed by atoms with van der Waals surface area (Å²) < 4.78 is 1.04. The summed E-state index contributed by atoms with van der Waals surface area (Å²) in [4.78, 5) is 4.31. The molecule has 0 aromatic carbocycles. The molecule has 0 spiro atoms. The molecule has 0 aliphatic carbocycles. The molecular weight excluding hydrogens is 287 g/mol. The first-order chi connectivity index (χ1) is 6.77. The first-order valence-corrected chi connectivity index (χ1v) is 5.58. The minimum absolute atomic E-state index is 0.900. The zero-order valence-corrected chi connectivity index (χ0v) is 10.1. The average molecular weight is 298 g/mol. The fourth-order valence-corrected chi connectivity index (χ4v) is 2.08. The van der Waals surface area contributed by atoms with Gasteiger partial charge < -0.3 is 5.32 Å². The van der Waals surface area contributed by atoms with Crippen molar-refractivity contribution in [3.05, 3.63) is 45.4 Å². The van der Waals surface area contributed by atoms with Crippen LogP contribution < -0.4 is 5.32 Å². The van der Waals surface area contributed by atoms with E-state index < -0.39 is 0 Å². The molecule has 2 nitrogen and oxygen atoms in total. The number of nitrogens with one attached hydrogen (secondary N) is 1. The molecule has 0 fully saturated rings. The molecule has 2 rings (SSSR count). The van der Waals surface area contributed by atoms with E-state index in [9.17, 15) is 0 Å². The molecule has 0 radical (unpaired) electrons. The van der Waals surface area contributed by atoms with E-state index in [1.54, 1.807) is 0 Å². The third-order valence-corrected chi connectivity index (χ3v) is 2.80. The number of allylic oxidation sites excluding steroid dienone is 2. The van der Waals surface area contributed by atoms with Crippen LogP contribution in [0.2, 0.25) is 0 Å². The zero-order valence-electron chi connectivity index (χ0n) is 7.92.